The molecule has 31 heavy (non-hydrogen) atoms. The standard InChI is InChI=1S/C16H18N10O5/c17-14-15(22-31-21-14)25-13(11(19-23-25)9-24-6-2-1-3-7-24)16(27)20-18-8-10-4-5-12(30-10)26(28)29/h4-5,8H,1-3,6-7,9H2,(H2,17,21)(H,20,27)/b18-8+. The van der Waals surface area contributed by atoms with Crippen molar-refractivity contribution < 1.29 is 18.8 Å². The summed E-state index contributed by atoms with van der Waals surface area (Å²) in [5.41, 5.74) is 8.55. The third-order valence-electron chi connectivity index (χ3n) is 4.62. The fourth-order valence-corrected chi connectivity index (χ4v) is 3.18. The van der Waals surface area contributed by atoms with Gasteiger partial charge in [0.05, 0.1) is 12.3 Å². The van der Waals surface area contributed by atoms with Gasteiger partial charge in [0.15, 0.2) is 11.5 Å². The van der Waals surface area contributed by atoms with Crippen LogP contribution in [-0.4, -0.2) is 60.3 Å². The SMILES string of the molecule is Nc1nonc1-n1nnc(CN2CCCCC2)c1C(=O)N/N=C/c1ccc([N+](=O)[O-])o1. The van der Waals surface area contributed by atoms with Crippen molar-refractivity contribution in [2.45, 2.75) is 25.8 Å². The molecule has 4 rings (SSSR count). The van der Waals surface area contributed by atoms with Crippen molar-refractivity contribution in [3.8, 4) is 5.82 Å². The van der Waals surface area contributed by atoms with Crippen LogP contribution in [0, 0.1) is 10.1 Å². The molecule has 1 aliphatic rings. The number of likely N-dealkylation sites (tertiary alicyclic amines) is 1. The molecule has 1 fully saturated rings. The number of nitrogens with zero attached hydrogens (tertiary/aromatic N) is 8. The quantitative estimate of drug-likeness (QED) is 0.300. The van der Waals surface area contributed by atoms with Crippen LogP contribution in [-0.2, 0) is 6.54 Å². The van der Waals surface area contributed by atoms with Crippen LogP contribution in [0.4, 0.5) is 11.7 Å². The molecule has 4 heterocycles. The second kappa shape index (κ2) is 8.70. The van der Waals surface area contributed by atoms with E-state index in [2.05, 4.69) is 40.7 Å². The van der Waals surface area contributed by atoms with Crippen molar-refractivity contribution in [2.24, 2.45) is 5.10 Å². The highest BCUT2D eigenvalue weighted by atomic mass is 16.6. The number of nitrogens with one attached hydrogen (secondary N) is 1. The summed E-state index contributed by atoms with van der Waals surface area (Å²) < 4.78 is 10.7. The second-order valence-corrected chi connectivity index (χ2v) is 6.74. The third kappa shape index (κ3) is 4.40. The first-order chi connectivity index (χ1) is 15.0. The smallest absolute Gasteiger partial charge is 0.400 e. The Morgan fingerprint density at radius 1 is 1.32 bits per heavy atom. The van der Waals surface area contributed by atoms with E-state index in [1.54, 1.807) is 0 Å². The van der Waals surface area contributed by atoms with Gasteiger partial charge in [-0.1, -0.05) is 11.6 Å². The molecule has 0 bridgehead atoms. The molecule has 1 amide bonds. The van der Waals surface area contributed by atoms with E-state index in [0.29, 0.717) is 12.2 Å². The van der Waals surface area contributed by atoms with Gasteiger partial charge in [-0.2, -0.15) is 9.78 Å². The summed E-state index contributed by atoms with van der Waals surface area (Å²) in [4.78, 5) is 25.1. The lowest BCUT2D eigenvalue weighted by molar-refractivity contribution is -0.402. The Hall–Kier alpha value is -4.14. The molecular weight excluding hydrogens is 412 g/mol. The Bertz CT molecular complexity index is 1110. The van der Waals surface area contributed by atoms with E-state index in [0.717, 1.165) is 43.2 Å². The number of nitrogens with two attached hydrogens (primary N) is 1. The summed E-state index contributed by atoms with van der Waals surface area (Å²) in [6.45, 7) is 2.18. The Morgan fingerprint density at radius 3 is 2.81 bits per heavy atom. The topological polar surface area (TPSA) is 197 Å². The van der Waals surface area contributed by atoms with Crippen LogP contribution >= 0.6 is 0 Å². The number of carbonyl (C=O) groups is 1. The van der Waals surface area contributed by atoms with Crippen LogP contribution in [0.2, 0.25) is 0 Å². The first-order valence-corrected chi connectivity index (χ1v) is 9.36. The van der Waals surface area contributed by atoms with Gasteiger partial charge in [-0.05, 0) is 42.3 Å². The zero-order chi connectivity index (χ0) is 21.8. The summed E-state index contributed by atoms with van der Waals surface area (Å²) >= 11 is 0. The average Bonchev–Trinajstić information content (AvgIpc) is 3.48. The number of piperidine rings is 1. The zero-order valence-electron chi connectivity index (χ0n) is 16.2. The highest BCUT2D eigenvalue weighted by Gasteiger charge is 2.26. The Labute approximate surface area is 174 Å². The molecule has 0 unspecified atom stereocenters. The lowest BCUT2D eigenvalue weighted by Crippen LogP contribution is -2.31. The molecule has 1 aliphatic heterocycles. The van der Waals surface area contributed by atoms with Gasteiger partial charge in [0.25, 0.3) is 5.91 Å². The molecule has 15 heteroatoms. The largest absolute Gasteiger partial charge is 0.433 e. The van der Waals surface area contributed by atoms with E-state index in [1.165, 1.54) is 12.1 Å². The number of furan rings is 1. The van der Waals surface area contributed by atoms with E-state index in [4.69, 9.17) is 10.2 Å². The fourth-order valence-electron chi connectivity index (χ4n) is 3.18. The van der Waals surface area contributed by atoms with E-state index in [1.807, 2.05) is 0 Å². The lowest BCUT2D eigenvalue weighted by atomic mass is 10.1. The van der Waals surface area contributed by atoms with Gasteiger partial charge in [-0.15, -0.1) is 5.10 Å². The van der Waals surface area contributed by atoms with Crippen molar-refractivity contribution in [2.75, 3.05) is 18.8 Å². The monoisotopic (exact) mass is 430 g/mol. The number of aromatic nitrogens is 5. The summed E-state index contributed by atoms with van der Waals surface area (Å²) in [6.07, 6.45) is 4.43. The molecular formula is C16H18N10O5. The predicted octanol–water partition coefficient (Wildman–Crippen LogP) is 0.484. The van der Waals surface area contributed by atoms with E-state index < -0.39 is 16.7 Å². The Kier molecular flexibility index (Phi) is 5.65. The van der Waals surface area contributed by atoms with Crippen molar-refractivity contribution in [1.29, 1.82) is 0 Å². The van der Waals surface area contributed by atoms with Crippen LogP contribution in [0.3, 0.4) is 0 Å². The number of nitrogen functional groups attached to an aromatic ring is 1. The minimum Gasteiger partial charge on any atom is -0.400 e. The van der Waals surface area contributed by atoms with Crippen molar-refractivity contribution in [3.63, 3.8) is 0 Å². The van der Waals surface area contributed by atoms with Crippen molar-refractivity contribution >= 4 is 23.8 Å². The second-order valence-electron chi connectivity index (χ2n) is 6.74. The van der Waals surface area contributed by atoms with Gasteiger partial charge in [0, 0.05) is 6.54 Å². The molecule has 15 nitrogen and oxygen atoms in total. The van der Waals surface area contributed by atoms with E-state index in [-0.39, 0.29) is 23.1 Å². The lowest BCUT2D eigenvalue weighted by Gasteiger charge is -2.25. The third-order valence-corrected chi connectivity index (χ3v) is 4.62. The molecule has 1 saturated heterocycles. The minimum absolute atomic E-state index is 0.0215. The molecule has 0 spiro atoms. The molecule has 0 atom stereocenters. The van der Waals surface area contributed by atoms with Gasteiger partial charge in [0.1, 0.15) is 10.6 Å². The maximum Gasteiger partial charge on any atom is 0.433 e. The van der Waals surface area contributed by atoms with Gasteiger partial charge in [-0.25, -0.2) is 10.1 Å². The summed E-state index contributed by atoms with van der Waals surface area (Å²) in [5.74, 6) is -1.02. The van der Waals surface area contributed by atoms with Gasteiger partial charge >= 0.3 is 5.88 Å². The molecule has 0 aromatic carbocycles. The van der Waals surface area contributed by atoms with Crippen molar-refractivity contribution in [3.05, 3.63) is 39.4 Å². The highest BCUT2D eigenvalue weighted by molar-refractivity contribution is 5.94. The number of carbonyl (C=O) groups excluding carboxylic acids is 1. The first-order valence-electron chi connectivity index (χ1n) is 9.36. The van der Waals surface area contributed by atoms with Gasteiger partial charge in [-0.3, -0.25) is 19.8 Å². The van der Waals surface area contributed by atoms with Crippen LogP contribution < -0.4 is 11.2 Å². The molecule has 3 aromatic rings. The van der Waals surface area contributed by atoms with Crippen LogP contribution in [0.5, 0.6) is 0 Å². The van der Waals surface area contributed by atoms with Gasteiger partial charge in [0.2, 0.25) is 11.6 Å². The fraction of sp³-hybridized carbons (Fsp3) is 0.375. The van der Waals surface area contributed by atoms with Crippen molar-refractivity contribution in [1.82, 2.24) is 35.6 Å². The molecule has 162 valence electrons. The summed E-state index contributed by atoms with van der Waals surface area (Å²) in [6, 6.07) is 2.53. The summed E-state index contributed by atoms with van der Waals surface area (Å²) in [7, 11) is 0. The van der Waals surface area contributed by atoms with E-state index >= 15 is 0 Å². The molecule has 0 radical (unpaired) electrons. The number of amides is 1. The normalized spacial score (nSPS) is 14.8. The minimum atomic E-state index is -0.677. The highest BCUT2D eigenvalue weighted by Crippen LogP contribution is 2.19. The summed E-state index contributed by atoms with van der Waals surface area (Å²) in [5, 5.41) is 29.7. The number of hydrogen-bond acceptors (Lipinski definition) is 12. The molecule has 0 aliphatic carbocycles. The number of anilines is 1. The molecule has 3 N–H and O–H groups in total. The Balaban J connectivity index is 1.56. The van der Waals surface area contributed by atoms with Crippen LogP contribution in [0.1, 0.15) is 41.2 Å². The number of hydrogen-bond donors (Lipinski definition) is 2. The molecule has 0 saturated carbocycles. The Morgan fingerprint density at radius 2 is 2.13 bits per heavy atom. The average molecular weight is 430 g/mol. The molecule has 3 aromatic heterocycles. The number of nitro groups is 1. The van der Waals surface area contributed by atoms with Gasteiger partial charge < -0.3 is 10.2 Å². The van der Waals surface area contributed by atoms with Crippen LogP contribution in [0.15, 0.2) is 26.3 Å². The maximum atomic E-state index is 12.9. The van der Waals surface area contributed by atoms with E-state index in [9.17, 15) is 14.9 Å². The van der Waals surface area contributed by atoms with Crippen LogP contribution in [0.25, 0.3) is 5.82 Å². The number of hydrazone groups is 1. The first kappa shape index (κ1) is 20.1. The number of rotatable bonds is 7. The zero-order valence-corrected chi connectivity index (χ0v) is 16.2. The predicted molar refractivity (Wildman–Crippen MR) is 103 cm³/mol. The maximum absolute atomic E-state index is 12.9.